The van der Waals surface area contributed by atoms with Gasteiger partial charge in [-0.3, -0.25) is 4.90 Å². The smallest absolute Gasteiger partial charge is 0.0619 e. The molecule has 1 aromatic rings. The van der Waals surface area contributed by atoms with Gasteiger partial charge in [0.2, 0.25) is 0 Å². The number of ether oxygens (including phenoxy) is 2. The molecular weight excluding hydrogens is 264 g/mol. The quantitative estimate of drug-likeness (QED) is 0.788. The molecule has 1 fully saturated rings. The standard InChI is InChI=1S/C17H28N2O2/c1-15(13-19-8-10-21-11-9-19)18-17(14-20-2)12-16-6-4-3-5-7-16/h3-7,15,17-18H,8-14H2,1-2H3/t15-,17+/m0/s1. The second-order valence-electron chi connectivity index (χ2n) is 5.82. The van der Waals surface area contributed by atoms with Gasteiger partial charge < -0.3 is 14.8 Å². The van der Waals surface area contributed by atoms with Crippen molar-refractivity contribution in [2.75, 3.05) is 46.6 Å². The van der Waals surface area contributed by atoms with Gasteiger partial charge in [0.25, 0.3) is 0 Å². The second-order valence-corrected chi connectivity index (χ2v) is 5.82. The van der Waals surface area contributed by atoms with Crippen molar-refractivity contribution in [3.8, 4) is 0 Å². The minimum atomic E-state index is 0.355. The number of hydrogen-bond acceptors (Lipinski definition) is 4. The summed E-state index contributed by atoms with van der Waals surface area (Å²) in [6, 6.07) is 11.4. The highest BCUT2D eigenvalue weighted by Crippen LogP contribution is 2.05. The highest BCUT2D eigenvalue weighted by atomic mass is 16.5. The topological polar surface area (TPSA) is 33.7 Å². The van der Waals surface area contributed by atoms with E-state index in [4.69, 9.17) is 9.47 Å². The van der Waals surface area contributed by atoms with Gasteiger partial charge in [-0.1, -0.05) is 30.3 Å². The van der Waals surface area contributed by atoms with E-state index in [1.54, 1.807) is 7.11 Å². The van der Waals surface area contributed by atoms with Gasteiger partial charge >= 0.3 is 0 Å². The molecule has 0 aliphatic carbocycles. The number of rotatable bonds is 8. The van der Waals surface area contributed by atoms with Crippen LogP contribution < -0.4 is 5.32 Å². The minimum absolute atomic E-state index is 0.355. The Kier molecular flexibility index (Phi) is 7.16. The average Bonchev–Trinajstić information content (AvgIpc) is 2.49. The number of nitrogens with one attached hydrogen (secondary N) is 1. The summed E-state index contributed by atoms with van der Waals surface area (Å²) in [5, 5.41) is 3.71. The van der Waals surface area contributed by atoms with Crippen LogP contribution in [0.5, 0.6) is 0 Å². The maximum Gasteiger partial charge on any atom is 0.0619 e. The summed E-state index contributed by atoms with van der Waals surface area (Å²) < 4.78 is 10.8. The predicted molar refractivity (Wildman–Crippen MR) is 85.7 cm³/mol. The number of hydrogen-bond donors (Lipinski definition) is 1. The monoisotopic (exact) mass is 292 g/mol. The molecule has 4 nitrogen and oxygen atoms in total. The van der Waals surface area contributed by atoms with E-state index in [-0.39, 0.29) is 0 Å². The molecule has 118 valence electrons. The first-order valence-electron chi connectivity index (χ1n) is 7.87. The molecular formula is C17H28N2O2. The van der Waals surface area contributed by atoms with Crippen LogP contribution >= 0.6 is 0 Å². The molecule has 2 rings (SSSR count). The van der Waals surface area contributed by atoms with E-state index in [9.17, 15) is 0 Å². The zero-order valence-electron chi connectivity index (χ0n) is 13.3. The maximum atomic E-state index is 5.40. The van der Waals surface area contributed by atoms with Gasteiger partial charge in [0, 0.05) is 38.8 Å². The molecule has 0 aromatic heterocycles. The molecule has 1 aliphatic rings. The normalized spacial score (nSPS) is 19.3. The molecule has 2 atom stereocenters. The fraction of sp³-hybridized carbons (Fsp3) is 0.647. The zero-order chi connectivity index (χ0) is 14.9. The molecule has 21 heavy (non-hydrogen) atoms. The Morgan fingerprint density at radius 2 is 1.95 bits per heavy atom. The van der Waals surface area contributed by atoms with Crippen molar-refractivity contribution in [1.82, 2.24) is 10.2 Å². The molecule has 1 aromatic carbocycles. The minimum Gasteiger partial charge on any atom is -0.383 e. The summed E-state index contributed by atoms with van der Waals surface area (Å²) in [7, 11) is 1.77. The second kappa shape index (κ2) is 9.15. The lowest BCUT2D eigenvalue weighted by Gasteiger charge is -2.31. The summed E-state index contributed by atoms with van der Waals surface area (Å²) in [4.78, 5) is 2.47. The molecule has 1 heterocycles. The van der Waals surface area contributed by atoms with Crippen molar-refractivity contribution in [2.24, 2.45) is 0 Å². The highest BCUT2D eigenvalue weighted by molar-refractivity contribution is 5.16. The molecule has 0 unspecified atom stereocenters. The van der Waals surface area contributed by atoms with Crippen LogP contribution in [0.15, 0.2) is 30.3 Å². The van der Waals surface area contributed by atoms with E-state index < -0.39 is 0 Å². The van der Waals surface area contributed by atoms with Gasteiger partial charge in [-0.2, -0.15) is 0 Å². The summed E-state index contributed by atoms with van der Waals surface area (Å²) in [6.45, 7) is 7.86. The first-order valence-corrected chi connectivity index (χ1v) is 7.87. The molecule has 0 bridgehead atoms. The molecule has 0 saturated carbocycles. The van der Waals surface area contributed by atoms with E-state index >= 15 is 0 Å². The SMILES string of the molecule is COC[C@@H](Cc1ccccc1)N[C@@H](C)CN1CCOCC1. The summed E-state index contributed by atoms with van der Waals surface area (Å²) in [6.07, 6.45) is 1.00. The van der Waals surface area contributed by atoms with Crippen molar-refractivity contribution in [3.63, 3.8) is 0 Å². The third-order valence-corrected chi connectivity index (χ3v) is 3.85. The van der Waals surface area contributed by atoms with E-state index in [2.05, 4.69) is 47.5 Å². The van der Waals surface area contributed by atoms with Crippen molar-refractivity contribution in [2.45, 2.75) is 25.4 Å². The molecule has 0 spiro atoms. The third-order valence-electron chi connectivity index (χ3n) is 3.85. The maximum absolute atomic E-state index is 5.40. The zero-order valence-corrected chi connectivity index (χ0v) is 13.3. The Morgan fingerprint density at radius 1 is 1.24 bits per heavy atom. The fourth-order valence-electron chi connectivity index (χ4n) is 2.89. The lowest BCUT2D eigenvalue weighted by molar-refractivity contribution is 0.0330. The molecule has 1 N–H and O–H groups in total. The lowest BCUT2D eigenvalue weighted by Crippen LogP contribution is -2.48. The highest BCUT2D eigenvalue weighted by Gasteiger charge is 2.17. The van der Waals surface area contributed by atoms with Gasteiger partial charge in [-0.25, -0.2) is 0 Å². The summed E-state index contributed by atoms with van der Waals surface area (Å²) >= 11 is 0. The van der Waals surface area contributed by atoms with Crippen LogP contribution in [0.25, 0.3) is 0 Å². The summed E-state index contributed by atoms with van der Waals surface area (Å²) in [5.74, 6) is 0. The Labute approximate surface area is 128 Å². The van der Waals surface area contributed by atoms with Gasteiger partial charge in [0.15, 0.2) is 0 Å². The molecule has 0 amide bonds. The fourth-order valence-corrected chi connectivity index (χ4v) is 2.89. The lowest BCUT2D eigenvalue weighted by atomic mass is 10.1. The predicted octanol–water partition coefficient (Wildman–Crippen LogP) is 1.55. The molecule has 4 heteroatoms. The van der Waals surface area contributed by atoms with Crippen molar-refractivity contribution >= 4 is 0 Å². The Morgan fingerprint density at radius 3 is 2.62 bits per heavy atom. The van der Waals surface area contributed by atoms with Gasteiger partial charge in [-0.15, -0.1) is 0 Å². The Bertz CT molecular complexity index is 380. The van der Waals surface area contributed by atoms with Crippen molar-refractivity contribution in [1.29, 1.82) is 0 Å². The van der Waals surface area contributed by atoms with Crippen LogP contribution in [-0.2, 0) is 15.9 Å². The van der Waals surface area contributed by atoms with Gasteiger partial charge in [0.05, 0.1) is 19.8 Å². The van der Waals surface area contributed by atoms with E-state index in [0.29, 0.717) is 12.1 Å². The van der Waals surface area contributed by atoms with Crippen LogP contribution in [0.2, 0.25) is 0 Å². The molecule has 1 saturated heterocycles. The first-order chi connectivity index (χ1) is 10.3. The van der Waals surface area contributed by atoms with Gasteiger partial charge in [-0.05, 0) is 18.9 Å². The van der Waals surface area contributed by atoms with Crippen LogP contribution in [0, 0.1) is 0 Å². The van der Waals surface area contributed by atoms with Crippen LogP contribution in [0.3, 0.4) is 0 Å². The number of morpholine rings is 1. The van der Waals surface area contributed by atoms with E-state index in [0.717, 1.165) is 45.9 Å². The van der Waals surface area contributed by atoms with Gasteiger partial charge in [0.1, 0.15) is 0 Å². The van der Waals surface area contributed by atoms with Crippen LogP contribution in [-0.4, -0.2) is 63.5 Å². The Hall–Kier alpha value is -0.940. The molecule has 0 radical (unpaired) electrons. The van der Waals surface area contributed by atoms with E-state index in [1.165, 1.54) is 5.56 Å². The number of nitrogens with zero attached hydrogens (tertiary/aromatic N) is 1. The van der Waals surface area contributed by atoms with Crippen molar-refractivity contribution < 1.29 is 9.47 Å². The van der Waals surface area contributed by atoms with Crippen LogP contribution in [0.1, 0.15) is 12.5 Å². The van der Waals surface area contributed by atoms with E-state index in [1.807, 2.05) is 0 Å². The molecule has 1 aliphatic heterocycles. The van der Waals surface area contributed by atoms with Crippen molar-refractivity contribution in [3.05, 3.63) is 35.9 Å². The Balaban J connectivity index is 1.80. The largest absolute Gasteiger partial charge is 0.383 e. The number of benzene rings is 1. The average molecular weight is 292 g/mol. The third kappa shape index (κ3) is 6.14. The first kappa shape index (κ1) is 16.4. The van der Waals surface area contributed by atoms with Crippen LogP contribution in [0.4, 0.5) is 0 Å². The number of methoxy groups -OCH3 is 1. The summed E-state index contributed by atoms with van der Waals surface area (Å²) in [5.41, 5.74) is 1.35.